The van der Waals surface area contributed by atoms with Crippen LogP contribution in [0.15, 0.2) is 36.4 Å². The summed E-state index contributed by atoms with van der Waals surface area (Å²) in [4.78, 5) is 0. The molecule has 0 bridgehead atoms. The summed E-state index contributed by atoms with van der Waals surface area (Å²) in [5, 5.41) is 3.85. The van der Waals surface area contributed by atoms with E-state index in [1.54, 1.807) is 7.11 Å². The van der Waals surface area contributed by atoms with Crippen LogP contribution in [0.2, 0.25) is 5.02 Å². The molecular weight excluding hydrogens is 286 g/mol. The average molecular weight is 306 g/mol. The Kier molecular flexibility index (Phi) is 5.48. The van der Waals surface area contributed by atoms with Crippen LogP contribution in [0.4, 0.5) is 0 Å². The van der Waals surface area contributed by atoms with Crippen LogP contribution in [0.1, 0.15) is 16.7 Å². The molecule has 0 spiro atoms. The number of nitrogens with one attached hydrogen (secondary N) is 1. The molecule has 0 aliphatic heterocycles. The molecule has 0 radical (unpaired) electrons. The maximum atomic E-state index is 6.25. The summed E-state index contributed by atoms with van der Waals surface area (Å²) in [7, 11) is 3.55. The predicted molar refractivity (Wildman–Crippen MR) is 86.3 cm³/mol. The van der Waals surface area contributed by atoms with Crippen molar-refractivity contribution in [1.29, 1.82) is 0 Å². The number of hydrogen-bond acceptors (Lipinski definition) is 3. The van der Waals surface area contributed by atoms with E-state index in [1.807, 2.05) is 50.4 Å². The zero-order valence-corrected chi connectivity index (χ0v) is 13.3. The minimum Gasteiger partial charge on any atom is -0.493 e. The molecular formula is C17H20ClNO2. The van der Waals surface area contributed by atoms with Gasteiger partial charge >= 0.3 is 0 Å². The third-order valence-electron chi connectivity index (χ3n) is 3.23. The molecule has 2 aromatic carbocycles. The molecule has 0 unspecified atom stereocenters. The smallest absolute Gasteiger partial charge is 0.166 e. The Hall–Kier alpha value is -1.71. The molecule has 112 valence electrons. The first kappa shape index (κ1) is 15.7. The fraction of sp³-hybridized carbons (Fsp3) is 0.294. The number of halogens is 1. The molecule has 0 heterocycles. The van der Waals surface area contributed by atoms with Crippen molar-refractivity contribution in [2.24, 2.45) is 0 Å². The average Bonchev–Trinajstić information content (AvgIpc) is 2.47. The lowest BCUT2D eigenvalue weighted by atomic mass is 10.1. The van der Waals surface area contributed by atoms with Crippen LogP contribution >= 0.6 is 11.6 Å². The van der Waals surface area contributed by atoms with E-state index < -0.39 is 0 Å². The van der Waals surface area contributed by atoms with E-state index in [9.17, 15) is 0 Å². The second-order valence-corrected chi connectivity index (χ2v) is 5.27. The van der Waals surface area contributed by atoms with Gasteiger partial charge in [-0.1, -0.05) is 35.9 Å². The Morgan fingerprint density at radius 2 is 1.95 bits per heavy atom. The summed E-state index contributed by atoms with van der Waals surface area (Å²) in [6.07, 6.45) is 0. The van der Waals surface area contributed by atoms with Crippen molar-refractivity contribution < 1.29 is 9.47 Å². The number of ether oxygens (including phenoxy) is 2. The standard InChI is InChI=1S/C17H20ClNO2/c1-12-7-8-14(15(18)9-12)11-21-17-13(10-19-2)5-4-6-16(17)20-3/h4-9,19H,10-11H2,1-3H3. The number of benzene rings is 2. The highest BCUT2D eigenvalue weighted by atomic mass is 35.5. The van der Waals surface area contributed by atoms with Gasteiger partial charge in [0.25, 0.3) is 0 Å². The van der Waals surface area contributed by atoms with Gasteiger partial charge in [0.15, 0.2) is 11.5 Å². The Bertz CT molecular complexity index is 614. The van der Waals surface area contributed by atoms with Crippen LogP contribution in [-0.2, 0) is 13.2 Å². The normalized spacial score (nSPS) is 10.5. The molecule has 0 atom stereocenters. The van der Waals surface area contributed by atoms with Crippen molar-refractivity contribution in [2.45, 2.75) is 20.1 Å². The van der Waals surface area contributed by atoms with Crippen LogP contribution in [0.5, 0.6) is 11.5 Å². The Balaban J connectivity index is 2.22. The third kappa shape index (κ3) is 3.90. The monoisotopic (exact) mass is 305 g/mol. The van der Waals surface area contributed by atoms with Gasteiger partial charge in [-0.15, -0.1) is 0 Å². The van der Waals surface area contributed by atoms with Crippen molar-refractivity contribution in [3.63, 3.8) is 0 Å². The van der Waals surface area contributed by atoms with Gasteiger partial charge in [0, 0.05) is 22.7 Å². The molecule has 0 aliphatic rings. The molecule has 4 heteroatoms. The SMILES string of the molecule is CNCc1cccc(OC)c1OCc1ccc(C)cc1Cl. The van der Waals surface area contributed by atoms with Crippen LogP contribution in [0, 0.1) is 6.92 Å². The molecule has 0 saturated heterocycles. The number of methoxy groups -OCH3 is 1. The Labute approximate surface area is 130 Å². The molecule has 21 heavy (non-hydrogen) atoms. The summed E-state index contributed by atoms with van der Waals surface area (Å²) >= 11 is 6.25. The highest BCUT2D eigenvalue weighted by Gasteiger charge is 2.11. The maximum absolute atomic E-state index is 6.25. The van der Waals surface area contributed by atoms with Gasteiger partial charge in [-0.3, -0.25) is 0 Å². The minimum absolute atomic E-state index is 0.413. The van der Waals surface area contributed by atoms with E-state index in [2.05, 4.69) is 5.32 Å². The topological polar surface area (TPSA) is 30.5 Å². The fourth-order valence-electron chi connectivity index (χ4n) is 2.13. The maximum Gasteiger partial charge on any atom is 0.166 e. The highest BCUT2D eigenvalue weighted by Crippen LogP contribution is 2.32. The first-order chi connectivity index (χ1) is 10.2. The van der Waals surface area contributed by atoms with E-state index in [1.165, 1.54) is 0 Å². The summed E-state index contributed by atoms with van der Waals surface area (Å²) in [5.41, 5.74) is 3.15. The second-order valence-electron chi connectivity index (χ2n) is 4.86. The van der Waals surface area contributed by atoms with Crippen LogP contribution in [0.3, 0.4) is 0 Å². The van der Waals surface area contributed by atoms with Crippen molar-refractivity contribution in [1.82, 2.24) is 5.32 Å². The molecule has 0 aromatic heterocycles. The molecule has 3 nitrogen and oxygen atoms in total. The van der Waals surface area contributed by atoms with Gasteiger partial charge in [-0.25, -0.2) is 0 Å². The first-order valence-electron chi connectivity index (χ1n) is 6.84. The van der Waals surface area contributed by atoms with Crippen LogP contribution in [0.25, 0.3) is 0 Å². The molecule has 0 fully saturated rings. The van der Waals surface area contributed by atoms with Gasteiger partial charge < -0.3 is 14.8 Å². The van der Waals surface area contributed by atoms with E-state index in [4.69, 9.17) is 21.1 Å². The molecule has 0 aliphatic carbocycles. The van der Waals surface area contributed by atoms with Gasteiger partial charge in [0.1, 0.15) is 6.61 Å². The number of hydrogen-bond donors (Lipinski definition) is 1. The number of para-hydroxylation sites is 1. The zero-order chi connectivity index (χ0) is 15.2. The first-order valence-corrected chi connectivity index (χ1v) is 7.21. The quantitative estimate of drug-likeness (QED) is 0.876. The number of rotatable bonds is 6. The lowest BCUT2D eigenvalue weighted by Crippen LogP contribution is -2.08. The summed E-state index contributed by atoms with van der Waals surface area (Å²) < 4.78 is 11.4. The lowest BCUT2D eigenvalue weighted by Gasteiger charge is -2.15. The Morgan fingerprint density at radius 1 is 1.14 bits per heavy atom. The largest absolute Gasteiger partial charge is 0.493 e. The van der Waals surface area contributed by atoms with E-state index in [0.29, 0.717) is 13.2 Å². The van der Waals surface area contributed by atoms with E-state index in [0.717, 1.165) is 33.2 Å². The second kappa shape index (κ2) is 7.34. The van der Waals surface area contributed by atoms with E-state index >= 15 is 0 Å². The van der Waals surface area contributed by atoms with Crippen molar-refractivity contribution in [3.05, 3.63) is 58.1 Å². The predicted octanol–water partition coefficient (Wildman–Crippen LogP) is 3.96. The minimum atomic E-state index is 0.413. The van der Waals surface area contributed by atoms with Gasteiger partial charge in [0.2, 0.25) is 0 Å². The number of aryl methyl sites for hydroxylation is 1. The molecule has 1 N–H and O–H groups in total. The highest BCUT2D eigenvalue weighted by molar-refractivity contribution is 6.31. The van der Waals surface area contributed by atoms with Crippen molar-refractivity contribution in [2.75, 3.05) is 14.2 Å². The third-order valence-corrected chi connectivity index (χ3v) is 3.58. The summed E-state index contributed by atoms with van der Waals surface area (Å²) in [6.45, 7) is 3.14. The van der Waals surface area contributed by atoms with Crippen LogP contribution < -0.4 is 14.8 Å². The zero-order valence-electron chi connectivity index (χ0n) is 12.6. The fourth-order valence-corrected chi connectivity index (χ4v) is 2.42. The van der Waals surface area contributed by atoms with Gasteiger partial charge in [0.05, 0.1) is 7.11 Å². The van der Waals surface area contributed by atoms with E-state index in [-0.39, 0.29) is 0 Å². The molecule has 2 rings (SSSR count). The van der Waals surface area contributed by atoms with Crippen molar-refractivity contribution in [3.8, 4) is 11.5 Å². The summed E-state index contributed by atoms with van der Waals surface area (Å²) in [5.74, 6) is 1.48. The van der Waals surface area contributed by atoms with Gasteiger partial charge in [-0.2, -0.15) is 0 Å². The van der Waals surface area contributed by atoms with Crippen LogP contribution in [-0.4, -0.2) is 14.2 Å². The molecule has 0 amide bonds. The van der Waals surface area contributed by atoms with Crippen molar-refractivity contribution >= 4 is 11.6 Å². The van der Waals surface area contributed by atoms with Gasteiger partial charge in [-0.05, 0) is 31.7 Å². The summed E-state index contributed by atoms with van der Waals surface area (Å²) in [6, 6.07) is 11.8. The Morgan fingerprint density at radius 3 is 2.62 bits per heavy atom. The molecule has 0 saturated carbocycles. The molecule has 2 aromatic rings. The lowest BCUT2D eigenvalue weighted by molar-refractivity contribution is 0.281.